The van der Waals surface area contributed by atoms with Crippen LogP contribution in [0.1, 0.15) is 76.8 Å². The van der Waals surface area contributed by atoms with E-state index < -0.39 is 11.9 Å². The van der Waals surface area contributed by atoms with Crippen molar-refractivity contribution in [3.8, 4) is 5.75 Å². The number of benzene rings is 2. The molecule has 0 saturated heterocycles. The third-order valence-electron chi connectivity index (χ3n) is 8.15. The molecule has 2 aliphatic carbocycles. The van der Waals surface area contributed by atoms with Crippen LogP contribution in [-0.4, -0.2) is 34.1 Å². The molecular weight excluding hydrogens is 650 g/mol. The predicted octanol–water partition coefficient (Wildman–Crippen LogP) is 7.95. The maximum absolute atomic E-state index is 13.9. The van der Waals surface area contributed by atoms with Gasteiger partial charge in [0.25, 0.3) is 0 Å². The Hall–Kier alpha value is -2.71. The van der Waals surface area contributed by atoms with Crippen molar-refractivity contribution in [1.29, 1.82) is 0 Å². The lowest BCUT2D eigenvalue weighted by atomic mass is 9.63. The number of carboxylic acids is 1. The van der Waals surface area contributed by atoms with Crippen LogP contribution in [0, 0.1) is 10.8 Å². The van der Waals surface area contributed by atoms with Gasteiger partial charge in [0.2, 0.25) is 0 Å². The molecule has 0 unspecified atom stereocenters. The molecule has 0 radical (unpaired) electrons. The van der Waals surface area contributed by atoms with Crippen LogP contribution in [0.25, 0.3) is 0 Å². The number of ether oxygens (including phenoxy) is 1. The molecule has 6 nitrogen and oxygen atoms in total. The number of hydrogen-bond acceptors (Lipinski definition) is 5. The lowest BCUT2D eigenvalue weighted by Gasteiger charge is -2.49. The summed E-state index contributed by atoms with van der Waals surface area (Å²) in [4.78, 5) is 41.5. The van der Waals surface area contributed by atoms with Crippen LogP contribution in [0.2, 0.25) is 0 Å². The molecule has 0 spiro atoms. The summed E-state index contributed by atoms with van der Waals surface area (Å²) in [6.45, 7) is 8.92. The molecule has 216 valence electrons. The molecule has 0 saturated carbocycles. The minimum absolute atomic E-state index is 0.0161. The summed E-state index contributed by atoms with van der Waals surface area (Å²) in [5.41, 5.74) is 4.29. The van der Waals surface area contributed by atoms with Gasteiger partial charge >= 0.3 is 5.97 Å². The van der Waals surface area contributed by atoms with E-state index in [-0.39, 0.29) is 35.4 Å². The highest BCUT2D eigenvalue weighted by molar-refractivity contribution is 9.11. The molecule has 8 heteroatoms. The SMILES string of the molecule is CC1(C)CC(=O)C2=C(C1)N(CCC(=O)O)C1=C(C(=O)CC(C)(C)C1)C2c1cc(Br)c(OCc2ccccc2)c(Br)c1. The highest BCUT2D eigenvalue weighted by atomic mass is 79.9. The minimum Gasteiger partial charge on any atom is -0.487 e. The molecule has 0 atom stereocenters. The molecule has 1 N–H and O–H groups in total. The summed E-state index contributed by atoms with van der Waals surface area (Å²) >= 11 is 7.40. The number of aliphatic carboxylic acids is 1. The number of carboxylic acid groups (broad SMARTS) is 1. The van der Waals surface area contributed by atoms with E-state index in [0.29, 0.717) is 49.2 Å². The Morgan fingerprint density at radius 2 is 1.41 bits per heavy atom. The van der Waals surface area contributed by atoms with Gasteiger partial charge in [0, 0.05) is 47.8 Å². The van der Waals surface area contributed by atoms with Crippen molar-refractivity contribution < 1.29 is 24.2 Å². The zero-order valence-corrected chi connectivity index (χ0v) is 27.0. The van der Waals surface area contributed by atoms with Crippen LogP contribution < -0.4 is 4.74 Å². The molecule has 0 bridgehead atoms. The van der Waals surface area contributed by atoms with Gasteiger partial charge in [0.1, 0.15) is 12.4 Å². The second kappa shape index (κ2) is 11.2. The van der Waals surface area contributed by atoms with Crippen LogP contribution in [-0.2, 0) is 21.0 Å². The van der Waals surface area contributed by atoms with Crippen molar-refractivity contribution in [3.63, 3.8) is 0 Å². The number of hydrogen-bond donors (Lipinski definition) is 1. The van der Waals surface area contributed by atoms with Gasteiger partial charge in [-0.2, -0.15) is 0 Å². The average molecular weight is 685 g/mol. The Balaban J connectivity index is 1.65. The largest absolute Gasteiger partial charge is 0.487 e. The van der Waals surface area contributed by atoms with Gasteiger partial charge in [-0.1, -0.05) is 58.0 Å². The number of ketones is 2. The summed E-state index contributed by atoms with van der Waals surface area (Å²) < 4.78 is 7.61. The molecule has 1 aliphatic heterocycles. The first-order valence-electron chi connectivity index (χ1n) is 13.9. The molecule has 0 fully saturated rings. The van der Waals surface area contributed by atoms with E-state index in [1.165, 1.54) is 0 Å². The fraction of sp³-hybridized carbons (Fsp3) is 0.424. The van der Waals surface area contributed by atoms with Crippen molar-refractivity contribution in [3.05, 3.63) is 85.1 Å². The Morgan fingerprint density at radius 1 is 0.902 bits per heavy atom. The van der Waals surface area contributed by atoms with Gasteiger partial charge in [-0.15, -0.1) is 0 Å². The van der Waals surface area contributed by atoms with Gasteiger partial charge < -0.3 is 14.7 Å². The molecule has 0 aromatic heterocycles. The number of nitrogens with zero attached hydrogens (tertiary/aromatic N) is 1. The van der Waals surface area contributed by atoms with E-state index in [1.54, 1.807) is 0 Å². The Morgan fingerprint density at radius 3 is 1.90 bits per heavy atom. The van der Waals surface area contributed by atoms with Gasteiger partial charge in [-0.25, -0.2) is 0 Å². The molecule has 5 rings (SSSR count). The quantitative estimate of drug-likeness (QED) is 0.319. The first-order valence-corrected chi connectivity index (χ1v) is 15.5. The van der Waals surface area contributed by atoms with Gasteiger partial charge in [-0.3, -0.25) is 14.4 Å². The van der Waals surface area contributed by atoms with Crippen molar-refractivity contribution in [2.75, 3.05) is 6.54 Å². The van der Waals surface area contributed by atoms with Crippen molar-refractivity contribution >= 4 is 49.4 Å². The zero-order valence-electron chi connectivity index (χ0n) is 23.9. The van der Waals surface area contributed by atoms with Crippen molar-refractivity contribution in [1.82, 2.24) is 4.90 Å². The first kappa shape index (κ1) is 29.8. The molecule has 1 heterocycles. The molecule has 41 heavy (non-hydrogen) atoms. The van der Waals surface area contributed by atoms with Crippen LogP contribution >= 0.6 is 31.9 Å². The number of Topliss-reactive ketones (excluding diaryl/α,β-unsaturated/α-hetero) is 2. The second-order valence-electron chi connectivity index (χ2n) is 12.9. The minimum atomic E-state index is -0.904. The van der Waals surface area contributed by atoms with E-state index >= 15 is 0 Å². The number of allylic oxidation sites excluding steroid dienone is 4. The average Bonchev–Trinajstić information content (AvgIpc) is 2.85. The monoisotopic (exact) mass is 683 g/mol. The first-order chi connectivity index (χ1) is 19.3. The highest BCUT2D eigenvalue weighted by Gasteiger charge is 2.49. The zero-order chi connectivity index (χ0) is 29.7. The lowest BCUT2D eigenvalue weighted by Crippen LogP contribution is -2.45. The van der Waals surface area contributed by atoms with E-state index in [4.69, 9.17) is 4.74 Å². The topological polar surface area (TPSA) is 83.9 Å². The number of rotatable bonds is 7. The Labute approximate surface area is 258 Å². The summed E-state index contributed by atoms with van der Waals surface area (Å²) in [6.07, 6.45) is 1.94. The van der Waals surface area contributed by atoms with E-state index in [2.05, 4.69) is 59.6 Å². The summed E-state index contributed by atoms with van der Waals surface area (Å²) in [6, 6.07) is 13.8. The van der Waals surface area contributed by atoms with E-state index in [1.807, 2.05) is 47.4 Å². The maximum atomic E-state index is 13.9. The number of carbonyl (C=O) groups is 3. The van der Waals surface area contributed by atoms with Crippen LogP contribution in [0.5, 0.6) is 5.75 Å². The fourth-order valence-corrected chi connectivity index (χ4v) is 7.92. The van der Waals surface area contributed by atoms with Crippen LogP contribution in [0.4, 0.5) is 0 Å². The van der Waals surface area contributed by atoms with Gasteiger partial charge in [0.05, 0.1) is 15.4 Å². The van der Waals surface area contributed by atoms with Gasteiger partial charge in [0.15, 0.2) is 11.6 Å². The second-order valence-corrected chi connectivity index (χ2v) is 14.6. The normalized spacial score (nSPS) is 20.2. The smallest absolute Gasteiger partial charge is 0.305 e. The van der Waals surface area contributed by atoms with E-state index in [9.17, 15) is 19.5 Å². The van der Waals surface area contributed by atoms with Crippen molar-refractivity contribution in [2.45, 2.75) is 72.3 Å². The number of carbonyl (C=O) groups excluding carboxylic acids is 2. The third kappa shape index (κ3) is 6.09. The van der Waals surface area contributed by atoms with Gasteiger partial charge in [-0.05, 0) is 78.8 Å². The standard InChI is InChI=1S/C33H35Br2NO5/c1-32(2)14-23-29(25(37)16-32)28(30-24(36(23)11-10-27(39)40)15-33(3,4)17-26(30)38)20-12-21(34)31(22(35)13-20)41-18-19-8-6-5-7-9-19/h5-9,12-13,28H,10-11,14-18H2,1-4H3,(H,39,40). The highest BCUT2D eigenvalue weighted by Crippen LogP contribution is 2.55. The predicted molar refractivity (Wildman–Crippen MR) is 164 cm³/mol. The van der Waals surface area contributed by atoms with Crippen molar-refractivity contribution in [2.24, 2.45) is 10.8 Å². The molecule has 0 amide bonds. The summed E-state index contributed by atoms with van der Waals surface area (Å²) in [5, 5.41) is 9.56. The molecular formula is C33H35Br2NO5. The molecule has 2 aromatic carbocycles. The number of halogens is 2. The van der Waals surface area contributed by atoms with E-state index in [0.717, 1.165) is 31.5 Å². The Bertz CT molecular complexity index is 1410. The summed E-state index contributed by atoms with van der Waals surface area (Å²) in [7, 11) is 0. The lowest BCUT2D eigenvalue weighted by molar-refractivity contribution is -0.137. The van der Waals surface area contributed by atoms with Crippen LogP contribution in [0.15, 0.2) is 74.0 Å². The Kier molecular flexibility index (Phi) is 8.11. The third-order valence-corrected chi connectivity index (χ3v) is 9.33. The molecule has 2 aromatic rings. The van der Waals surface area contributed by atoms with Crippen LogP contribution in [0.3, 0.4) is 0 Å². The fourth-order valence-electron chi connectivity index (χ4n) is 6.47. The maximum Gasteiger partial charge on any atom is 0.305 e. The summed E-state index contributed by atoms with van der Waals surface area (Å²) in [5.74, 6) is -0.751. The molecule has 3 aliphatic rings.